The zero-order valence-electron chi connectivity index (χ0n) is 6.44. The van der Waals surface area contributed by atoms with E-state index >= 15 is 0 Å². The van der Waals surface area contributed by atoms with Gasteiger partial charge in [0.15, 0.2) is 0 Å². The zero-order chi connectivity index (χ0) is 7.11. The first-order valence-electron chi connectivity index (χ1n) is 3.22. The second-order valence-electron chi connectivity index (χ2n) is 1.84. The summed E-state index contributed by atoms with van der Waals surface area (Å²) in [5.41, 5.74) is 0. The Morgan fingerprint density at radius 1 is 1.33 bits per heavy atom. The second-order valence-corrected chi connectivity index (χ2v) is 1.84. The van der Waals surface area contributed by atoms with Crippen molar-refractivity contribution >= 4 is 0 Å². The van der Waals surface area contributed by atoms with Crippen LogP contribution in [0.3, 0.4) is 0 Å². The molecule has 0 saturated carbocycles. The van der Waals surface area contributed by atoms with Crippen LogP contribution in [0.1, 0.15) is 19.8 Å². The largest absolute Gasteiger partial charge is 0.385 e. The summed E-state index contributed by atoms with van der Waals surface area (Å²) in [7, 11) is 3.40. The highest BCUT2D eigenvalue weighted by Crippen LogP contribution is 2.10. The lowest BCUT2D eigenvalue weighted by Crippen LogP contribution is -2.02. The summed E-state index contributed by atoms with van der Waals surface area (Å²) in [6.07, 6.45) is 3.01. The van der Waals surface area contributed by atoms with Gasteiger partial charge in [0, 0.05) is 27.2 Å². The molecule has 55 valence electrons. The van der Waals surface area contributed by atoms with Crippen molar-refractivity contribution in [3.05, 3.63) is 6.10 Å². The molecule has 0 aromatic rings. The molecular weight excluding hydrogens is 116 g/mol. The lowest BCUT2D eigenvalue weighted by Gasteiger charge is -2.09. The quantitative estimate of drug-likeness (QED) is 0.564. The van der Waals surface area contributed by atoms with E-state index in [1.165, 1.54) is 0 Å². The molecule has 0 N–H and O–H groups in total. The summed E-state index contributed by atoms with van der Waals surface area (Å²) in [5, 5.41) is 0. The van der Waals surface area contributed by atoms with Crippen LogP contribution in [0.4, 0.5) is 0 Å². The Balaban J connectivity index is 3.09. The van der Waals surface area contributed by atoms with Crippen LogP contribution in [0.5, 0.6) is 0 Å². The van der Waals surface area contributed by atoms with E-state index in [9.17, 15) is 0 Å². The first kappa shape index (κ1) is 8.92. The fourth-order valence-corrected chi connectivity index (χ4v) is 0.639. The van der Waals surface area contributed by atoms with Crippen LogP contribution in [0.15, 0.2) is 0 Å². The van der Waals surface area contributed by atoms with Crippen molar-refractivity contribution in [2.75, 3.05) is 20.8 Å². The molecule has 1 radical (unpaired) electrons. The third kappa shape index (κ3) is 4.43. The van der Waals surface area contributed by atoms with Gasteiger partial charge >= 0.3 is 0 Å². The predicted molar refractivity (Wildman–Crippen MR) is 37.0 cm³/mol. The van der Waals surface area contributed by atoms with Gasteiger partial charge in [-0.1, -0.05) is 6.92 Å². The number of methoxy groups -OCH3 is 2. The summed E-state index contributed by atoms with van der Waals surface area (Å²) < 4.78 is 9.91. The molecule has 0 atom stereocenters. The van der Waals surface area contributed by atoms with Crippen molar-refractivity contribution in [2.45, 2.75) is 19.8 Å². The summed E-state index contributed by atoms with van der Waals surface area (Å²) in [4.78, 5) is 0. The van der Waals surface area contributed by atoms with Gasteiger partial charge in [-0.3, -0.25) is 0 Å². The number of rotatable bonds is 5. The first-order valence-corrected chi connectivity index (χ1v) is 3.22. The number of hydrogen-bond acceptors (Lipinski definition) is 2. The van der Waals surface area contributed by atoms with Crippen molar-refractivity contribution in [3.8, 4) is 0 Å². The Labute approximate surface area is 57.2 Å². The standard InChI is InChI=1S/C7H15O2/c1-4-7(9-3)5-6-8-2/h4-6H2,1-3H3. The molecule has 0 fully saturated rings. The third-order valence-electron chi connectivity index (χ3n) is 1.27. The minimum Gasteiger partial charge on any atom is -0.385 e. The van der Waals surface area contributed by atoms with Crippen molar-refractivity contribution in [3.63, 3.8) is 0 Å². The van der Waals surface area contributed by atoms with Gasteiger partial charge in [0.05, 0.1) is 6.10 Å². The molecule has 0 aromatic carbocycles. The molecule has 0 amide bonds. The smallest absolute Gasteiger partial charge is 0.0986 e. The predicted octanol–water partition coefficient (Wildman–Crippen LogP) is 1.61. The molecule has 0 aliphatic heterocycles. The van der Waals surface area contributed by atoms with Crippen LogP contribution < -0.4 is 0 Å². The molecule has 0 rings (SSSR count). The maximum absolute atomic E-state index is 5.04. The molecule has 0 saturated heterocycles. The SMILES string of the molecule is CC[C](CCOC)OC. The Kier molecular flexibility index (Phi) is 5.99. The fourth-order valence-electron chi connectivity index (χ4n) is 0.639. The Hall–Kier alpha value is -0.0800. The Bertz CT molecular complexity index is 50.9. The fraction of sp³-hybridized carbons (Fsp3) is 0.857. The molecule has 2 nitrogen and oxygen atoms in total. The van der Waals surface area contributed by atoms with Gasteiger partial charge < -0.3 is 9.47 Å². The van der Waals surface area contributed by atoms with E-state index in [1.807, 2.05) is 0 Å². The number of ether oxygens (including phenoxy) is 2. The van der Waals surface area contributed by atoms with Crippen molar-refractivity contribution in [1.82, 2.24) is 0 Å². The minimum atomic E-state index is 0.761. The van der Waals surface area contributed by atoms with Gasteiger partial charge in [0.1, 0.15) is 0 Å². The van der Waals surface area contributed by atoms with Crippen LogP contribution in [-0.2, 0) is 9.47 Å². The van der Waals surface area contributed by atoms with E-state index in [-0.39, 0.29) is 0 Å². The number of hydrogen-bond donors (Lipinski definition) is 0. The second kappa shape index (κ2) is 6.05. The van der Waals surface area contributed by atoms with E-state index in [1.54, 1.807) is 14.2 Å². The molecule has 0 bridgehead atoms. The molecule has 0 aliphatic carbocycles. The molecule has 0 aliphatic rings. The summed E-state index contributed by atoms with van der Waals surface area (Å²) in [6.45, 7) is 2.84. The van der Waals surface area contributed by atoms with Gasteiger partial charge in [0.2, 0.25) is 0 Å². The third-order valence-corrected chi connectivity index (χ3v) is 1.27. The topological polar surface area (TPSA) is 18.5 Å². The highest BCUT2D eigenvalue weighted by Gasteiger charge is 2.02. The summed E-state index contributed by atoms with van der Waals surface area (Å²) >= 11 is 0. The van der Waals surface area contributed by atoms with Gasteiger partial charge in [-0.25, -0.2) is 0 Å². The van der Waals surface area contributed by atoms with Crippen molar-refractivity contribution in [2.24, 2.45) is 0 Å². The van der Waals surface area contributed by atoms with Gasteiger partial charge in [-0.05, 0) is 6.42 Å². The van der Waals surface area contributed by atoms with Crippen LogP contribution in [0, 0.1) is 6.10 Å². The van der Waals surface area contributed by atoms with Crippen LogP contribution in [0.25, 0.3) is 0 Å². The first-order chi connectivity index (χ1) is 4.35. The Morgan fingerprint density at radius 3 is 2.33 bits per heavy atom. The van der Waals surface area contributed by atoms with Gasteiger partial charge in [0.25, 0.3) is 0 Å². The molecule has 0 heterocycles. The van der Waals surface area contributed by atoms with Crippen molar-refractivity contribution < 1.29 is 9.47 Å². The van der Waals surface area contributed by atoms with E-state index in [2.05, 4.69) is 6.92 Å². The average Bonchev–Trinajstić information content (AvgIpc) is 1.91. The minimum absolute atomic E-state index is 0.761. The molecule has 0 spiro atoms. The summed E-state index contributed by atoms with van der Waals surface area (Å²) in [6, 6.07) is 0. The normalized spacial score (nSPS) is 10.7. The van der Waals surface area contributed by atoms with E-state index in [4.69, 9.17) is 9.47 Å². The maximum Gasteiger partial charge on any atom is 0.0986 e. The molecule has 0 aromatic heterocycles. The lowest BCUT2D eigenvalue weighted by atomic mass is 10.2. The molecule has 2 heteroatoms. The van der Waals surface area contributed by atoms with Crippen LogP contribution in [-0.4, -0.2) is 20.8 Å². The highest BCUT2D eigenvalue weighted by atomic mass is 16.5. The van der Waals surface area contributed by atoms with Gasteiger partial charge in [-0.15, -0.1) is 0 Å². The average molecular weight is 131 g/mol. The van der Waals surface area contributed by atoms with E-state index in [0.717, 1.165) is 25.6 Å². The van der Waals surface area contributed by atoms with Crippen LogP contribution >= 0.6 is 0 Å². The van der Waals surface area contributed by atoms with Gasteiger partial charge in [-0.2, -0.15) is 0 Å². The zero-order valence-corrected chi connectivity index (χ0v) is 6.44. The van der Waals surface area contributed by atoms with E-state index < -0.39 is 0 Å². The van der Waals surface area contributed by atoms with E-state index in [0.29, 0.717) is 0 Å². The summed E-state index contributed by atoms with van der Waals surface area (Å²) in [5.74, 6) is 0. The molecule has 0 unspecified atom stereocenters. The Morgan fingerprint density at radius 2 is 2.00 bits per heavy atom. The van der Waals surface area contributed by atoms with Crippen molar-refractivity contribution in [1.29, 1.82) is 0 Å². The maximum atomic E-state index is 5.04. The molecule has 9 heavy (non-hydrogen) atoms. The van der Waals surface area contributed by atoms with Crippen LogP contribution in [0.2, 0.25) is 0 Å². The molecular formula is C7H15O2. The highest BCUT2D eigenvalue weighted by molar-refractivity contribution is 4.74. The lowest BCUT2D eigenvalue weighted by molar-refractivity contribution is 0.136. The monoisotopic (exact) mass is 131 g/mol.